The Morgan fingerprint density at radius 1 is 0.970 bits per heavy atom. The first kappa shape index (κ1) is 25.6. The second kappa shape index (κ2) is 9.19. The molecule has 4 rings (SSSR count). The van der Waals surface area contributed by atoms with Crippen LogP contribution in [-0.4, -0.2) is 34.4 Å². The number of fused-ring (bicyclic) bond motifs is 5. The number of aliphatic hydroxyl groups excluding tert-OH is 2. The van der Waals surface area contributed by atoms with Crippen molar-refractivity contribution in [1.82, 2.24) is 0 Å². The Morgan fingerprint density at radius 2 is 1.61 bits per heavy atom. The van der Waals surface area contributed by atoms with Crippen molar-refractivity contribution in [3.8, 4) is 0 Å². The molecule has 0 saturated heterocycles. The van der Waals surface area contributed by atoms with E-state index in [-0.39, 0.29) is 28.6 Å². The quantitative estimate of drug-likeness (QED) is 0.492. The molecule has 0 amide bonds. The smallest absolute Gasteiger partial charge is 0.136 e. The molecular weight excluding hydrogens is 415 g/mol. The molecule has 4 aliphatic rings. The number of hydrogen-bond acceptors (Lipinski definition) is 3. The number of rotatable bonds is 6. The number of halogens is 1. The van der Waals surface area contributed by atoms with Gasteiger partial charge in [0.15, 0.2) is 0 Å². The van der Waals surface area contributed by atoms with E-state index < -0.39 is 18.4 Å². The van der Waals surface area contributed by atoms with Gasteiger partial charge in [-0.05, 0) is 97.2 Å². The van der Waals surface area contributed by atoms with Gasteiger partial charge in [0.05, 0.1) is 12.2 Å². The molecule has 0 aromatic heterocycles. The molecular formula is C29H49FO3. The molecule has 0 aromatic rings. The predicted octanol–water partition coefficient (Wildman–Crippen LogP) is 6.20. The van der Waals surface area contributed by atoms with Gasteiger partial charge in [-0.3, -0.25) is 4.79 Å². The summed E-state index contributed by atoms with van der Waals surface area (Å²) in [6.07, 6.45) is 5.68. The zero-order valence-corrected chi connectivity index (χ0v) is 21.9. The summed E-state index contributed by atoms with van der Waals surface area (Å²) in [5, 5.41) is 22.3. The first-order chi connectivity index (χ1) is 15.5. The van der Waals surface area contributed by atoms with Crippen molar-refractivity contribution in [3.05, 3.63) is 0 Å². The molecule has 4 aliphatic carbocycles. The molecule has 2 N–H and O–H groups in total. The number of carbonyl (C=O) groups is 1. The first-order valence-electron chi connectivity index (χ1n) is 14.0. The number of ketones is 1. The summed E-state index contributed by atoms with van der Waals surface area (Å²) in [7, 11) is 0. The molecule has 0 radical (unpaired) electrons. The van der Waals surface area contributed by atoms with E-state index in [4.69, 9.17) is 0 Å². The van der Waals surface area contributed by atoms with Gasteiger partial charge in [0.25, 0.3) is 0 Å². The van der Waals surface area contributed by atoms with E-state index in [1.165, 1.54) is 0 Å². The van der Waals surface area contributed by atoms with Gasteiger partial charge in [0.2, 0.25) is 0 Å². The third-order valence-corrected chi connectivity index (χ3v) is 11.8. The largest absolute Gasteiger partial charge is 0.390 e. The predicted molar refractivity (Wildman–Crippen MR) is 130 cm³/mol. The van der Waals surface area contributed by atoms with Crippen LogP contribution in [-0.2, 0) is 4.79 Å². The fourth-order valence-corrected chi connectivity index (χ4v) is 9.81. The topological polar surface area (TPSA) is 57.5 Å². The van der Waals surface area contributed by atoms with Crippen LogP contribution in [0.5, 0.6) is 0 Å². The van der Waals surface area contributed by atoms with Crippen LogP contribution in [0.1, 0.15) is 99.3 Å². The molecule has 33 heavy (non-hydrogen) atoms. The summed E-state index contributed by atoms with van der Waals surface area (Å²) >= 11 is 0. The Hall–Kier alpha value is -0.480. The Morgan fingerprint density at radius 3 is 2.24 bits per heavy atom. The molecule has 0 heterocycles. The average molecular weight is 465 g/mol. The number of Topliss-reactive ketones (excluding diaryl/α,β-unsaturated/α-hetero) is 1. The van der Waals surface area contributed by atoms with E-state index in [9.17, 15) is 19.4 Å². The molecule has 12 atom stereocenters. The van der Waals surface area contributed by atoms with Crippen molar-refractivity contribution in [3.63, 3.8) is 0 Å². The molecule has 0 aromatic carbocycles. The summed E-state index contributed by atoms with van der Waals surface area (Å²) in [4.78, 5) is 13.3. The van der Waals surface area contributed by atoms with E-state index in [2.05, 4.69) is 41.5 Å². The van der Waals surface area contributed by atoms with E-state index in [1.54, 1.807) is 0 Å². The average Bonchev–Trinajstić information content (AvgIpc) is 3.11. The highest BCUT2D eigenvalue weighted by atomic mass is 19.1. The Labute approximate surface area is 201 Å². The lowest BCUT2D eigenvalue weighted by Gasteiger charge is -2.60. The monoisotopic (exact) mass is 464 g/mol. The third kappa shape index (κ3) is 4.03. The third-order valence-electron chi connectivity index (χ3n) is 11.8. The Bertz CT molecular complexity index is 724. The minimum absolute atomic E-state index is 0.0328. The summed E-state index contributed by atoms with van der Waals surface area (Å²) in [5.41, 5.74) is 0.0799. The number of hydrogen-bond donors (Lipinski definition) is 2. The summed E-state index contributed by atoms with van der Waals surface area (Å²) in [6, 6.07) is 0. The maximum Gasteiger partial charge on any atom is 0.136 e. The van der Waals surface area contributed by atoms with Crippen LogP contribution in [0.2, 0.25) is 0 Å². The molecule has 4 saturated carbocycles. The number of alkyl halides is 1. The highest BCUT2D eigenvalue weighted by molar-refractivity contribution is 5.83. The van der Waals surface area contributed by atoms with E-state index >= 15 is 0 Å². The zero-order chi connectivity index (χ0) is 24.3. The molecule has 0 aliphatic heterocycles. The maximum atomic E-state index is 14.2. The summed E-state index contributed by atoms with van der Waals surface area (Å²) < 4.78 is 14.2. The molecule has 4 unspecified atom stereocenters. The van der Waals surface area contributed by atoms with Gasteiger partial charge in [-0.15, -0.1) is 0 Å². The number of carbonyl (C=O) groups excluding carboxylic acids is 1. The van der Waals surface area contributed by atoms with Crippen LogP contribution in [0.15, 0.2) is 0 Å². The van der Waals surface area contributed by atoms with Crippen LogP contribution in [0.25, 0.3) is 0 Å². The normalized spacial score (nSPS) is 46.8. The van der Waals surface area contributed by atoms with Gasteiger partial charge < -0.3 is 10.2 Å². The second-order valence-electron chi connectivity index (χ2n) is 13.4. The van der Waals surface area contributed by atoms with Crippen molar-refractivity contribution >= 4 is 5.78 Å². The maximum absolute atomic E-state index is 14.2. The lowest BCUT2D eigenvalue weighted by Crippen LogP contribution is -2.57. The Kier molecular flexibility index (Phi) is 7.13. The fraction of sp³-hybridized carbons (Fsp3) is 0.966. The van der Waals surface area contributed by atoms with Crippen molar-refractivity contribution in [2.24, 2.45) is 58.2 Å². The van der Waals surface area contributed by atoms with Crippen molar-refractivity contribution < 1.29 is 19.4 Å². The van der Waals surface area contributed by atoms with Crippen LogP contribution in [0.4, 0.5) is 4.39 Å². The van der Waals surface area contributed by atoms with Crippen LogP contribution >= 0.6 is 0 Å². The SMILES string of the molecule is CC[C@@H](C(C)C)[C@H](O)[C@@H](O)[C@@H](C)[C@H]1CCC2C3CC(=O)C4C[C@H](F)CC[C@]4(C)C3CC[C@@]21C. The highest BCUT2D eigenvalue weighted by Gasteiger charge is 2.63. The molecule has 3 nitrogen and oxygen atoms in total. The van der Waals surface area contributed by atoms with Crippen LogP contribution in [0.3, 0.4) is 0 Å². The van der Waals surface area contributed by atoms with Gasteiger partial charge in [-0.2, -0.15) is 0 Å². The lowest BCUT2D eigenvalue weighted by atomic mass is 9.44. The minimum atomic E-state index is -0.806. The van der Waals surface area contributed by atoms with E-state index in [0.717, 1.165) is 38.5 Å². The summed E-state index contributed by atoms with van der Waals surface area (Å²) in [6.45, 7) is 13.2. The molecule has 0 spiro atoms. The van der Waals surface area contributed by atoms with Gasteiger partial charge in [0.1, 0.15) is 12.0 Å². The standard InChI is InChI=1S/C29H49FO3/c1-7-19(16(2)3)27(33)26(32)17(4)21-8-9-22-20-15-25(31)24-14-18(30)10-12-29(24,6)23(20)11-13-28(21,22)5/h16-24,26-27,32-33H,7-15H2,1-6H3/t17-,18+,19-,20?,21+,22?,23?,24?,26-,27-,28+,29+/m0/s1. The minimum Gasteiger partial charge on any atom is -0.390 e. The van der Waals surface area contributed by atoms with E-state index in [0.29, 0.717) is 54.6 Å². The zero-order valence-electron chi connectivity index (χ0n) is 21.9. The molecule has 4 heteroatoms. The van der Waals surface area contributed by atoms with Crippen LogP contribution in [0, 0.1) is 58.2 Å². The van der Waals surface area contributed by atoms with Crippen molar-refractivity contribution in [2.45, 2.75) is 118 Å². The lowest BCUT2D eigenvalue weighted by molar-refractivity contribution is -0.159. The second-order valence-corrected chi connectivity index (χ2v) is 13.4. The fourth-order valence-electron chi connectivity index (χ4n) is 9.81. The van der Waals surface area contributed by atoms with Gasteiger partial charge >= 0.3 is 0 Å². The van der Waals surface area contributed by atoms with Crippen molar-refractivity contribution in [2.75, 3.05) is 0 Å². The molecule has 0 bridgehead atoms. The number of aliphatic hydroxyl groups is 2. The highest BCUT2D eigenvalue weighted by Crippen LogP contribution is 2.68. The van der Waals surface area contributed by atoms with Gasteiger partial charge in [-0.25, -0.2) is 4.39 Å². The first-order valence-corrected chi connectivity index (χ1v) is 14.0. The molecule has 190 valence electrons. The van der Waals surface area contributed by atoms with Crippen LogP contribution < -0.4 is 0 Å². The molecule has 4 fully saturated rings. The van der Waals surface area contributed by atoms with Gasteiger partial charge in [-0.1, -0.05) is 48.0 Å². The van der Waals surface area contributed by atoms with Crippen molar-refractivity contribution in [1.29, 1.82) is 0 Å². The Balaban J connectivity index is 1.54. The van der Waals surface area contributed by atoms with Gasteiger partial charge in [0, 0.05) is 12.3 Å². The van der Waals surface area contributed by atoms with E-state index in [1.807, 2.05) is 0 Å². The summed E-state index contributed by atoms with van der Waals surface area (Å²) in [5.74, 6) is 2.56.